The maximum absolute atomic E-state index is 5.56. The minimum atomic E-state index is 0.0336. The lowest BCUT2D eigenvalue weighted by Crippen LogP contribution is -2.52. The van der Waals surface area contributed by atoms with Gasteiger partial charge in [0.25, 0.3) is 0 Å². The van der Waals surface area contributed by atoms with Gasteiger partial charge in [-0.15, -0.1) is 11.3 Å². The maximum atomic E-state index is 5.56. The van der Waals surface area contributed by atoms with Gasteiger partial charge in [0, 0.05) is 19.1 Å². The van der Waals surface area contributed by atoms with Crippen molar-refractivity contribution in [3.63, 3.8) is 0 Å². The van der Waals surface area contributed by atoms with Gasteiger partial charge in [-0.3, -0.25) is 4.90 Å². The van der Waals surface area contributed by atoms with Crippen LogP contribution in [0.1, 0.15) is 19.7 Å². The summed E-state index contributed by atoms with van der Waals surface area (Å²) in [5.74, 6) is 1.79. The summed E-state index contributed by atoms with van der Waals surface area (Å²) < 4.78 is 5.56. The van der Waals surface area contributed by atoms with E-state index in [2.05, 4.69) is 45.5 Å². The van der Waals surface area contributed by atoms with Crippen molar-refractivity contribution >= 4 is 27.4 Å². The number of morpholine rings is 1. The van der Waals surface area contributed by atoms with Gasteiger partial charge in [0.05, 0.1) is 25.1 Å². The molecule has 0 bridgehead atoms. The Morgan fingerprint density at radius 1 is 1.45 bits per heavy atom. The number of fused-ring (bicyclic) bond motifs is 1. The summed E-state index contributed by atoms with van der Waals surface area (Å²) >= 11 is 1.66. The number of hydrogen-bond donors (Lipinski definition) is 1. The Bertz CT molecular complexity index is 610. The Hall–Kier alpha value is -1.24. The highest BCUT2D eigenvalue weighted by Crippen LogP contribution is 2.26. The molecule has 0 spiro atoms. The first-order valence-corrected chi connectivity index (χ1v) is 7.73. The lowest BCUT2D eigenvalue weighted by molar-refractivity contribution is -0.0562. The monoisotopic (exact) mass is 292 g/mol. The van der Waals surface area contributed by atoms with Gasteiger partial charge in [-0.25, -0.2) is 9.97 Å². The van der Waals surface area contributed by atoms with Crippen LogP contribution in [0.15, 0.2) is 11.4 Å². The van der Waals surface area contributed by atoms with E-state index in [1.54, 1.807) is 11.3 Å². The topological polar surface area (TPSA) is 50.3 Å². The number of ether oxygens (including phenoxy) is 1. The molecule has 3 heterocycles. The molecule has 0 saturated carbocycles. The van der Waals surface area contributed by atoms with E-state index in [0.29, 0.717) is 0 Å². The number of thiophene rings is 1. The molecule has 0 radical (unpaired) electrons. The Morgan fingerprint density at radius 3 is 3.05 bits per heavy atom. The standard InChI is InChI=1S/C14H20N4OS/c1-14(2)9-19-6-5-18(14)8-11-16-12(15-3)10-4-7-20-13(10)17-11/h4,7H,5-6,8-9H2,1-3H3,(H,15,16,17). The van der Waals surface area contributed by atoms with Crippen LogP contribution in [0.5, 0.6) is 0 Å². The van der Waals surface area contributed by atoms with Crippen molar-refractivity contribution < 1.29 is 4.74 Å². The molecule has 0 aliphatic carbocycles. The lowest BCUT2D eigenvalue weighted by atomic mass is 10.0. The van der Waals surface area contributed by atoms with Crippen LogP contribution < -0.4 is 5.32 Å². The molecular weight excluding hydrogens is 272 g/mol. The van der Waals surface area contributed by atoms with Crippen LogP contribution in [-0.2, 0) is 11.3 Å². The average molecular weight is 292 g/mol. The molecule has 1 aliphatic rings. The van der Waals surface area contributed by atoms with Gasteiger partial charge >= 0.3 is 0 Å². The summed E-state index contributed by atoms with van der Waals surface area (Å²) in [7, 11) is 1.90. The molecule has 1 N–H and O–H groups in total. The molecule has 0 aromatic carbocycles. The van der Waals surface area contributed by atoms with Crippen LogP contribution in [0.2, 0.25) is 0 Å². The number of aromatic nitrogens is 2. The first-order chi connectivity index (χ1) is 9.60. The third-order valence-electron chi connectivity index (χ3n) is 3.76. The molecule has 0 amide bonds. The van der Waals surface area contributed by atoms with Crippen LogP contribution >= 0.6 is 11.3 Å². The zero-order chi connectivity index (χ0) is 14.2. The van der Waals surface area contributed by atoms with Crippen molar-refractivity contribution in [2.45, 2.75) is 25.9 Å². The second-order valence-corrected chi connectivity index (χ2v) is 6.56. The fraction of sp³-hybridized carbons (Fsp3) is 0.571. The molecule has 2 aromatic heterocycles. The number of anilines is 1. The van der Waals surface area contributed by atoms with Crippen molar-refractivity contribution in [3.05, 3.63) is 17.3 Å². The zero-order valence-corrected chi connectivity index (χ0v) is 13.0. The summed E-state index contributed by atoms with van der Waals surface area (Å²) in [5.41, 5.74) is 0.0336. The third kappa shape index (κ3) is 2.51. The van der Waals surface area contributed by atoms with E-state index < -0.39 is 0 Å². The fourth-order valence-corrected chi connectivity index (χ4v) is 3.30. The summed E-state index contributed by atoms with van der Waals surface area (Å²) in [5, 5.41) is 6.32. The van der Waals surface area contributed by atoms with Crippen molar-refractivity contribution in [1.29, 1.82) is 0 Å². The van der Waals surface area contributed by atoms with Crippen molar-refractivity contribution in [2.24, 2.45) is 0 Å². The third-order valence-corrected chi connectivity index (χ3v) is 4.56. The van der Waals surface area contributed by atoms with E-state index in [1.165, 1.54) is 0 Å². The molecule has 0 atom stereocenters. The van der Waals surface area contributed by atoms with E-state index in [4.69, 9.17) is 4.74 Å². The Kier molecular flexibility index (Phi) is 3.62. The fourth-order valence-electron chi connectivity index (χ4n) is 2.52. The minimum absolute atomic E-state index is 0.0336. The second kappa shape index (κ2) is 5.27. The molecule has 5 nitrogen and oxygen atoms in total. The minimum Gasteiger partial charge on any atom is -0.378 e. The van der Waals surface area contributed by atoms with Crippen LogP contribution in [0.3, 0.4) is 0 Å². The van der Waals surface area contributed by atoms with Crippen LogP contribution in [0, 0.1) is 0 Å². The largest absolute Gasteiger partial charge is 0.378 e. The molecule has 20 heavy (non-hydrogen) atoms. The molecular formula is C14H20N4OS. The molecule has 1 saturated heterocycles. The molecule has 1 aliphatic heterocycles. The smallest absolute Gasteiger partial charge is 0.146 e. The highest BCUT2D eigenvalue weighted by molar-refractivity contribution is 7.16. The Labute approximate surface area is 123 Å². The highest BCUT2D eigenvalue weighted by atomic mass is 32.1. The van der Waals surface area contributed by atoms with E-state index in [9.17, 15) is 0 Å². The van der Waals surface area contributed by atoms with Gasteiger partial charge in [-0.05, 0) is 25.3 Å². The predicted octanol–water partition coefficient (Wildman–Crippen LogP) is 2.34. The normalized spacial score (nSPS) is 19.4. The summed E-state index contributed by atoms with van der Waals surface area (Å²) in [6.07, 6.45) is 0. The average Bonchev–Trinajstić information content (AvgIpc) is 2.88. The van der Waals surface area contributed by atoms with Gasteiger partial charge in [0.1, 0.15) is 16.5 Å². The van der Waals surface area contributed by atoms with Gasteiger partial charge in [0.15, 0.2) is 0 Å². The quantitative estimate of drug-likeness (QED) is 0.941. The van der Waals surface area contributed by atoms with Crippen LogP contribution in [-0.4, -0.2) is 47.2 Å². The Morgan fingerprint density at radius 2 is 2.30 bits per heavy atom. The van der Waals surface area contributed by atoms with E-state index >= 15 is 0 Å². The van der Waals surface area contributed by atoms with E-state index in [0.717, 1.165) is 48.2 Å². The first kappa shape index (κ1) is 13.7. The SMILES string of the molecule is CNc1nc(CN2CCOCC2(C)C)nc2sccc12. The predicted molar refractivity (Wildman–Crippen MR) is 82.3 cm³/mol. The number of hydrogen-bond acceptors (Lipinski definition) is 6. The number of nitrogens with one attached hydrogen (secondary N) is 1. The highest BCUT2D eigenvalue weighted by Gasteiger charge is 2.31. The molecule has 3 rings (SSSR count). The van der Waals surface area contributed by atoms with Gasteiger partial charge < -0.3 is 10.1 Å². The lowest BCUT2D eigenvalue weighted by Gasteiger charge is -2.41. The van der Waals surface area contributed by atoms with Crippen molar-refractivity contribution in [1.82, 2.24) is 14.9 Å². The maximum Gasteiger partial charge on any atom is 0.146 e. The summed E-state index contributed by atoms with van der Waals surface area (Å²) in [6, 6.07) is 2.06. The summed E-state index contributed by atoms with van der Waals surface area (Å²) in [4.78, 5) is 12.8. The van der Waals surface area contributed by atoms with E-state index in [-0.39, 0.29) is 5.54 Å². The molecule has 1 fully saturated rings. The van der Waals surface area contributed by atoms with Gasteiger partial charge in [-0.1, -0.05) is 0 Å². The first-order valence-electron chi connectivity index (χ1n) is 6.85. The van der Waals surface area contributed by atoms with Crippen molar-refractivity contribution in [3.8, 4) is 0 Å². The molecule has 6 heteroatoms. The van der Waals surface area contributed by atoms with Crippen molar-refractivity contribution in [2.75, 3.05) is 32.1 Å². The van der Waals surface area contributed by atoms with Gasteiger partial charge in [-0.2, -0.15) is 0 Å². The zero-order valence-electron chi connectivity index (χ0n) is 12.1. The second-order valence-electron chi connectivity index (χ2n) is 5.66. The van der Waals surface area contributed by atoms with Crippen LogP contribution in [0.25, 0.3) is 10.2 Å². The van der Waals surface area contributed by atoms with Crippen LogP contribution in [0.4, 0.5) is 5.82 Å². The molecule has 2 aromatic rings. The number of rotatable bonds is 3. The Balaban J connectivity index is 1.90. The molecule has 0 unspecified atom stereocenters. The summed E-state index contributed by atoms with van der Waals surface area (Å²) in [6.45, 7) is 7.63. The van der Waals surface area contributed by atoms with E-state index in [1.807, 2.05) is 7.05 Å². The molecule has 108 valence electrons. The van der Waals surface area contributed by atoms with Gasteiger partial charge in [0.2, 0.25) is 0 Å². The number of nitrogens with zero attached hydrogens (tertiary/aromatic N) is 3.